The fourth-order valence-electron chi connectivity index (χ4n) is 1.53. The van der Waals surface area contributed by atoms with Crippen molar-refractivity contribution >= 4 is 44.7 Å². The van der Waals surface area contributed by atoms with Crippen LogP contribution in [0.3, 0.4) is 0 Å². The Hall–Kier alpha value is -0.650. The van der Waals surface area contributed by atoms with Gasteiger partial charge in [-0.25, -0.2) is 4.98 Å². The zero-order valence-corrected chi connectivity index (χ0v) is 13.2. The lowest BCUT2D eigenvalue weighted by atomic mass is 9.91. The Morgan fingerprint density at radius 1 is 1.50 bits per heavy atom. The molecule has 0 radical (unpaired) electrons. The van der Waals surface area contributed by atoms with E-state index in [0.717, 1.165) is 16.8 Å². The number of aromatic nitrogens is 2. The number of nitrogens with one attached hydrogen (secondary N) is 1. The van der Waals surface area contributed by atoms with Gasteiger partial charge in [-0.05, 0) is 39.0 Å². The number of halogens is 2. The highest BCUT2D eigenvalue weighted by Gasteiger charge is 2.22. The van der Waals surface area contributed by atoms with Gasteiger partial charge in [-0.1, -0.05) is 19.9 Å². The maximum absolute atomic E-state index is 5.79. The van der Waals surface area contributed by atoms with Crippen LogP contribution in [0.1, 0.15) is 18.7 Å². The first kappa shape index (κ1) is 13.8. The second-order valence-electron chi connectivity index (χ2n) is 4.55. The summed E-state index contributed by atoms with van der Waals surface area (Å²) in [6.45, 7) is 5.17. The van der Waals surface area contributed by atoms with Crippen molar-refractivity contribution in [3.8, 4) is 0 Å². The largest absolute Gasteiger partial charge is 0.368 e. The highest BCUT2D eigenvalue weighted by molar-refractivity contribution is 9.10. The maximum atomic E-state index is 5.79. The molecule has 0 aliphatic rings. The first-order valence-electron chi connectivity index (χ1n) is 5.45. The van der Waals surface area contributed by atoms with E-state index in [0.29, 0.717) is 0 Å². The van der Waals surface area contributed by atoms with Gasteiger partial charge in [0.15, 0.2) is 0 Å². The SMILES string of the molecule is CC(C)(CNc1nc(Cl)ncc1Br)c1cccs1. The Morgan fingerprint density at radius 3 is 2.94 bits per heavy atom. The van der Waals surface area contributed by atoms with Crippen LogP contribution < -0.4 is 5.32 Å². The van der Waals surface area contributed by atoms with Crippen molar-refractivity contribution < 1.29 is 0 Å². The standard InChI is InChI=1S/C12H13BrClN3S/c1-12(2,9-4-3-5-18-9)7-16-10-8(13)6-15-11(14)17-10/h3-6H,7H2,1-2H3,(H,15,16,17). The molecule has 2 heterocycles. The number of hydrogen-bond donors (Lipinski definition) is 1. The van der Waals surface area contributed by atoms with Gasteiger partial charge in [0.05, 0.1) is 4.47 Å². The summed E-state index contributed by atoms with van der Waals surface area (Å²) in [6, 6.07) is 4.22. The van der Waals surface area contributed by atoms with Crippen LogP contribution in [0.25, 0.3) is 0 Å². The fourth-order valence-corrected chi connectivity index (χ4v) is 2.84. The molecule has 0 aliphatic carbocycles. The van der Waals surface area contributed by atoms with Crippen molar-refractivity contribution in [3.63, 3.8) is 0 Å². The molecule has 0 unspecified atom stereocenters. The normalized spacial score (nSPS) is 11.6. The number of nitrogens with zero attached hydrogens (tertiary/aromatic N) is 2. The third-order valence-corrected chi connectivity index (χ3v) is 4.60. The lowest BCUT2D eigenvalue weighted by molar-refractivity contribution is 0.568. The molecule has 0 aromatic carbocycles. The van der Waals surface area contributed by atoms with Gasteiger partial charge in [0.25, 0.3) is 0 Å². The molecule has 6 heteroatoms. The highest BCUT2D eigenvalue weighted by Crippen LogP contribution is 2.29. The molecule has 2 rings (SSSR count). The molecule has 2 aromatic rings. The second-order valence-corrected chi connectivity index (χ2v) is 6.69. The van der Waals surface area contributed by atoms with Crippen LogP contribution in [0.4, 0.5) is 5.82 Å². The van der Waals surface area contributed by atoms with E-state index in [4.69, 9.17) is 11.6 Å². The van der Waals surface area contributed by atoms with Gasteiger partial charge < -0.3 is 5.32 Å². The monoisotopic (exact) mass is 345 g/mol. The molecular weight excluding hydrogens is 334 g/mol. The van der Waals surface area contributed by atoms with Crippen molar-refractivity contribution in [3.05, 3.63) is 38.3 Å². The minimum atomic E-state index is 0.0467. The van der Waals surface area contributed by atoms with Crippen LogP contribution in [0.2, 0.25) is 5.28 Å². The molecule has 2 aromatic heterocycles. The quantitative estimate of drug-likeness (QED) is 0.837. The van der Waals surface area contributed by atoms with Crippen LogP contribution in [-0.2, 0) is 5.41 Å². The molecular formula is C12H13BrClN3S. The van der Waals surface area contributed by atoms with E-state index in [2.05, 4.69) is 62.6 Å². The third kappa shape index (κ3) is 3.22. The van der Waals surface area contributed by atoms with Crippen molar-refractivity contribution in [2.45, 2.75) is 19.3 Å². The van der Waals surface area contributed by atoms with Gasteiger partial charge >= 0.3 is 0 Å². The van der Waals surface area contributed by atoms with Gasteiger partial charge in [0, 0.05) is 23.0 Å². The zero-order valence-electron chi connectivity index (χ0n) is 10.1. The van der Waals surface area contributed by atoms with Crippen LogP contribution >= 0.6 is 38.9 Å². The predicted octanol–water partition coefficient (Wildman–Crippen LogP) is 4.34. The van der Waals surface area contributed by atoms with E-state index < -0.39 is 0 Å². The Labute approximate surface area is 124 Å². The predicted molar refractivity (Wildman–Crippen MR) is 80.6 cm³/mol. The average molecular weight is 347 g/mol. The first-order valence-corrected chi connectivity index (χ1v) is 7.50. The van der Waals surface area contributed by atoms with E-state index in [1.54, 1.807) is 17.5 Å². The smallest absolute Gasteiger partial charge is 0.224 e. The molecule has 0 amide bonds. The first-order chi connectivity index (χ1) is 8.49. The minimum Gasteiger partial charge on any atom is -0.368 e. The lowest BCUT2D eigenvalue weighted by Crippen LogP contribution is -2.27. The van der Waals surface area contributed by atoms with Crippen LogP contribution in [0.15, 0.2) is 28.2 Å². The Morgan fingerprint density at radius 2 is 2.28 bits per heavy atom. The summed E-state index contributed by atoms with van der Waals surface area (Å²) in [5.74, 6) is 0.722. The molecule has 1 N–H and O–H groups in total. The molecule has 18 heavy (non-hydrogen) atoms. The molecule has 0 fully saturated rings. The van der Waals surface area contributed by atoms with Gasteiger partial charge in [-0.2, -0.15) is 4.98 Å². The van der Waals surface area contributed by atoms with E-state index in [-0.39, 0.29) is 10.7 Å². The van der Waals surface area contributed by atoms with Crippen LogP contribution in [0.5, 0.6) is 0 Å². The van der Waals surface area contributed by atoms with E-state index >= 15 is 0 Å². The molecule has 3 nitrogen and oxygen atoms in total. The Balaban J connectivity index is 2.09. The summed E-state index contributed by atoms with van der Waals surface area (Å²) in [7, 11) is 0. The summed E-state index contributed by atoms with van der Waals surface area (Å²) in [5, 5.41) is 5.64. The number of thiophene rings is 1. The maximum Gasteiger partial charge on any atom is 0.224 e. The number of anilines is 1. The molecule has 0 saturated carbocycles. The van der Waals surface area contributed by atoms with Gasteiger partial charge in [-0.15, -0.1) is 11.3 Å². The van der Waals surface area contributed by atoms with Gasteiger partial charge in [0.1, 0.15) is 5.82 Å². The Bertz CT molecular complexity index is 528. The number of rotatable bonds is 4. The van der Waals surface area contributed by atoms with Gasteiger partial charge in [0.2, 0.25) is 5.28 Å². The summed E-state index contributed by atoms with van der Waals surface area (Å²) < 4.78 is 0.814. The Kier molecular flexibility index (Phi) is 4.25. The summed E-state index contributed by atoms with van der Waals surface area (Å²) in [6.07, 6.45) is 1.65. The van der Waals surface area contributed by atoms with E-state index in [1.165, 1.54) is 4.88 Å². The molecule has 0 atom stereocenters. The average Bonchev–Trinajstić information content (AvgIpc) is 2.85. The van der Waals surface area contributed by atoms with Crippen LogP contribution in [-0.4, -0.2) is 16.5 Å². The van der Waals surface area contributed by atoms with Gasteiger partial charge in [-0.3, -0.25) is 0 Å². The molecule has 0 saturated heterocycles. The molecule has 0 bridgehead atoms. The van der Waals surface area contributed by atoms with Crippen LogP contribution in [0, 0.1) is 0 Å². The summed E-state index contributed by atoms with van der Waals surface area (Å²) in [5.41, 5.74) is 0.0467. The lowest BCUT2D eigenvalue weighted by Gasteiger charge is -2.24. The molecule has 0 spiro atoms. The minimum absolute atomic E-state index is 0.0467. The van der Waals surface area contributed by atoms with Crippen molar-refractivity contribution in [1.29, 1.82) is 0 Å². The van der Waals surface area contributed by atoms with E-state index in [9.17, 15) is 0 Å². The highest BCUT2D eigenvalue weighted by atomic mass is 79.9. The van der Waals surface area contributed by atoms with E-state index in [1.807, 2.05) is 0 Å². The second kappa shape index (κ2) is 5.55. The number of hydrogen-bond acceptors (Lipinski definition) is 4. The molecule has 0 aliphatic heterocycles. The van der Waals surface area contributed by atoms with Crippen molar-refractivity contribution in [2.75, 3.05) is 11.9 Å². The fraction of sp³-hybridized carbons (Fsp3) is 0.333. The zero-order chi connectivity index (χ0) is 13.2. The topological polar surface area (TPSA) is 37.8 Å². The summed E-state index contributed by atoms with van der Waals surface area (Å²) in [4.78, 5) is 9.40. The molecule has 96 valence electrons. The van der Waals surface area contributed by atoms with Crippen molar-refractivity contribution in [1.82, 2.24) is 9.97 Å². The third-order valence-electron chi connectivity index (χ3n) is 2.60. The summed E-state index contributed by atoms with van der Waals surface area (Å²) >= 11 is 11.0. The van der Waals surface area contributed by atoms with Crippen molar-refractivity contribution in [2.24, 2.45) is 0 Å².